The van der Waals surface area contributed by atoms with Gasteiger partial charge >= 0.3 is 0 Å². The molecule has 0 saturated carbocycles. The molecule has 0 spiro atoms. The van der Waals surface area contributed by atoms with Crippen molar-refractivity contribution in [2.75, 3.05) is 0 Å². The molecule has 2 rings (SSSR count). The van der Waals surface area contributed by atoms with E-state index in [0.29, 0.717) is 6.29 Å². The average Bonchev–Trinajstić information content (AvgIpc) is 2.75. The van der Waals surface area contributed by atoms with Crippen molar-refractivity contribution in [3.63, 3.8) is 0 Å². The summed E-state index contributed by atoms with van der Waals surface area (Å²) in [6.07, 6.45) is 0.432. The van der Waals surface area contributed by atoms with Gasteiger partial charge in [0.1, 0.15) is 11.6 Å². The molecule has 0 radical (unpaired) electrons. The van der Waals surface area contributed by atoms with E-state index in [0.717, 1.165) is 12.1 Å². The molecule has 0 aliphatic carbocycles. The highest BCUT2D eigenvalue weighted by Crippen LogP contribution is 2.30. The van der Waals surface area contributed by atoms with Gasteiger partial charge in [-0.15, -0.1) is 0 Å². The highest BCUT2D eigenvalue weighted by atomic mass is 32.2. The van der Waals surface area contributed by atoms with Crippen LogP contribution in [0.4, 0.5) is 4.39 Å². The van der Waals surface area contributed by atoms with Gasteiger partial charge in [0.25, 0.3) is 0 Å². The first-order valence-corrected chi connectivity index (χ1v) is 6.35. The van der Waals surface area contributed by atoms with Crippen LogP contribution in [-0.4, -0.2) is 14.7 Å². The van der Waals surface area contributed by atoms with Crippen molar-refractivity contribution in [1.82, 2.24) is 0 Å². The summed E-state index contributed by atoms with van der Waals surface area (Å²) in [7, 11) is -4.09. The van der Waals surface area contributed by atoms with Crippen LogP contribution in [0.5, 0.6) is 0 Å². The minimum Gasteiger partial charge on any atom is -0.453 e. The van der Waals surface area contributed by atoms with Crippen molar-refractivity contribution in [2.45, 2.75) is 4.90 Å². The Kier molecular flexibility index (Phi) is 3.02. The lowest BCUT2D eigenvalue weighted by Crippen LogP contribution is -2.14. The largest absolute Gasteiger partial charge is 0.453 e. The van der Waals surface area contributed by atoms with E-state index in [1.165, 1.54) is 18.2 Å². The van der Waals surface area contributed by atoms with Gasteiger partial charge in [0.05, 0.1) is 10.5 Å². The van der Waals surface area contributed by atoms with Gasteiger partial charge < -0.3 is 4.42 Å². The molecule has 0 saturated heterocycles. The number of hydrogen-bond donors (Lipinski definition) is 1. The van der Waals surface area contributed by atoms with Crippen molar-refractivity contribution in [3.8, 4) is 11.3 Å². The van der Waals surface area contributed by atoms with Gasteiger partial charge in [-0.05, 0) is 24.3 Å². The number of primary sulfonamides is 1. The number of sulfonamides is 1. The Morgan fingerprint density at radius 3 is 2.50 bits per heavy atom. The molecule has 0 bridgehead atoms. The molecule has 7 heteroatoms. The molecule has 18 heavy (non-hydrogen) atoms. The Morgan fingerprint density at radius 1 is 1.22 bits per heavy atom. The molecule has 1 aromatic carbocycles. The lowest BCUT2D eigenvalue weighted by molar-refractivity contribution is 0.110. The molecule has 0 atom stereocenters. The van der Waals surface area contributed by atoms with Crippen molar-refractivity contribution in [1.29, 1.82) is 0 Å². The minimum atomic E-state index is -4.09. The van der Waals surface area contributed by atoms with Crippen LogP contribution >= 0.6 is 0 Å². The zero-order valence-electron chi connectivity index (χ0n) is 8.96. The molecule has 0 amide bonds. The van der Waals surface area contributed by atoms with E-state index in [2.05, 4.69) is 0 Å². The normalized spacial score (nSPS) is 11.4. The van der Waals surface area contributed by atoms with Crippen LogP contribution in [-0.2, 0) is 10.0 Å². The maximum absolute atomic E-state index is 13.7. The number of aldehydes is 1. The summed E-state index contributed by atoms with van der Waals surface area (Å²) in [5.41, 5.74) is -0.284. The summed E-state index contributed by atoms with van der Waals surface area (Å²) in [5, 5.41) is 5.00. The Bertz CT molecular complexity index is 706. The second kappa shape index (κ2) is 4.35. The van der Waals surface area contributed by atoms with Crippen LogP contribution < -0.4 is 5.14 Å². The third-order valence-corrected chi connectivity index (χ3v) is 3.22. The topological polar surface area (TPSA) is 90.4 Å². The van der Waals surface area contributed by atoms with E-state index in [9.17, 15) is 17.6 Å². The maximum Gasteiger partial charge on any atom is 0.238 e. The molecule has 94 valence electrons. The third-order valence-electron chi connectivity index (χ3n) is 2.27. The second-order valence-corrected chi connectivity index (χ2v) is 5.01. The second-order valence-electron chi connectivity index (χ2n) is 3.48. The van der Waals surface area contributed by atoms with Crippen LogP contribution in [0, 0.1) is 5.82 Å². The average molecular weight is 269 g/mol. The monoisotopic (exact) mass is 269 g/mol. The van der Waals surface area contributed by atoms with E-state index >= 15 is 0 Å². The van der Waals surface area contributed by atoms with Gasteiger partial charge in [-0.2, -0.15) is 0 Å². The molecular formula is C11H8FNO4S. The highest BCUT2D eigenvalue weighted by molar-refractivity contribution is 7.89. The third kappa shape index (κ3) is 2.18. The Balaban J connectivity index is 2.73. The molecule has 0 fully saturated rings. The van der Waals surface area contributed by atoms with Crippen LogP contribution in [0.3, 0.4) is 0 Å². The van der Waals surface area contributed by atoms with E-state index in [1.54, 1.807) is 0 Å². The van der Waals surface area contributed by atoms with E-state index in [-0.39, 0.29) is 17.1 Å². The zero-order valence-corrected chi connectivity index (χ0v) is 9.78. The smallest absolute Gasteiger partial charge is 0.238 e. The van der Waals surface area contributed by atoms with Crippen molar-refractivity contribution >= 4 is 16.3 Å². The Morgan fingerprint density at radius 2 is 1.94 bits per heavy atom. The number of furan rings is 1. The standard InChI is InChI=1S/C11H8FNO4S/c12-8-2-1-3-10(18(13,15)16)11(8)9-5-4-7(6-14)17-9/h1-6H,(H2,13,15,16). The molecule has 1 heterocycles. The predicted octanol–water partition coefficient (Wildman–Crippen LogP) is 1.55. The fraction of sp³-hybridized carbons (Fsp3) is 0. The summed E-state index contributed by atoms with van der Waals surface area (Å²) in [4.78, 5) is 10.1. The Labute approximate surface area is 102 Å². The number of hydrogen-bond acceptors (Lipinski definition) is 4. The Hall–Kier alpha value is -1.99. The van der Waals surface area contributed by atoms with E-state index in [4.69, 9.17) is 9.56 Å². The predicted molar refractivity (Wildman–Crippen MR) is 60.9 cm³/mol. The van der Waals surface area contributed by atoms with Crippen molar-refractivity contribution < 1.29 is 22.0 Å². The number of nitrogens with two attached hydrogens (primary N) is 1. The van der Waals surface area contributed by atoms with Gasteiger partial charge in [0, 0.05) is 0 Å². The fourth-order valence-corrected chi connectivity index (χ4v) is 2.28. The maximum atomic E-state index is 13.7. The van der Waals surface area contributed by atoms with Gasteiger partial charge in [0.2, 0.25) is 10.0 Å². The minimum absolute atomic E-state index is 0.0337. The van der Waals surface area contributed by atoms with E-state index in [1.807, 2.05) is 0 Å². The number of carbonyl (C=O) groups excluding carboxylic acids is 1. The summed E-state index contributed by atoms with van der Waals surface area (Å²) < 4.78 is 41.4. The van der Waals surface area contributed by atoms with Crippen molar-refractivity contribution in [2.24, 2.45) is 5.14 Å². The first kappa shape index (κ1) is 12.5. The van der Waals surface area contributed by atoms with Crippen LogP contribution in [0.15, 0.2) is 39.6 Å². The zero-order chi connectivity index (χ0) is 13.3. The van der Waals surface area contributed by atoms with Gasteiger partial charge in [-0.3, -0.25) is 4.79 Å². The van der Waals surface area contributed by atoms with Gasteiger partial charge in [-0.1, -0.05) is 6.07 Å². The van der Waals surface area contributed by atoms with E-state index < -0.39 is 20.7 Å². The first-order valence-electron chi connectivity index (χ1n) is 4.80. The number of carbonyl (C=O) groups is 1. The van der Waals surface area contributed by atoms with Crippen LogP contribution in [0.2, 0.25) is 0 Å². The molecular weight excluding hydrogens is 261 g/mol. The molecule has 0 unspecified atom stereocenters. The summed E-state index contributed by atoms with van der Waals surface area (Å²) in [6.45, 7) is 0. The SMILES string of the molecule is NS(=O)(=O)c1cccc(F)c1-c1ccc(C=O)o1. The number of benzene rings is 1. The summed E-state index contributed by atoms with van der Waals surface area (Å²) in [6, 6.07) is 6.07. The number of rotatable bonds is 3. The molecule has 0 aliphatic heterocycles. The van der Waals surface area contributed by atoms with Gasteiger partial charge in [0.15, 0.2) is 12.0 Å². The highest BCUT2D eigenvalue weighted by Gasteiger charge is 2.21. The fourth-order valence-electron chi connectivity index (χ4n) is 1.53. The summed E-state index contributed by atoms with van der Waals surface area (Å²) >= 11 is 0. The lowest BCUT2D eigenvalue weighted by atomic mass is 10.1. The molecule has 2 aromatic rings. The number of halogens is 1. The van der Waals surface area contributed by atoms with Gasteiger partial charge in [-0.25, -0.2) is 17.9 Å². The van der Waals surface area contributed by atoms with Crippen LogP contribution in [0.25, 0.3) is 11.3 Å². The quantitative estimate of drug-likeness (QED) is 0.856. The molecule has 0 aliphatic rings. The molecule has 5 nitrogen and oxygen atoms in total. The lowest BCUT2D eigenvalue weighted by Gasteiger charge is -2.06. The van der Waals surface area contributed by atoms with Crippen LogP contribution in [0.1, 0.15) is 10.6 Å². The molecule has 2 N–H and O–H groups in total. The summed E-state index contributed by atoms with van der Waals surface area (Å²) in [5.74, 6) is -0.902. The molecule has 1 aromatic heterocycles. The van der Waals surface area contributed by atoms with Crippen molar-refractivity contribution in [3.05, 3.63) is 41.9 Å². The first-order chi connectivity index (χ1) is 8.43.